The lowest BCUT2D eigenvalue weighted by atomic mass is 9.69. The Morgan fingerprint density at radius 1 is 0.407 bits per heavy atom. The van der Waals surface area contributed by atoms with Crippen molar-refractivity contribution in [2.45, 2.75) is 5.41 Å². The second kappa shape index (κ2) is 13.5. The maximum atomic E-state index is 9.54. The Morgan fingerprint density at radius 3 is 1.47 bits per heavy atom. The number of rotatable bonds is 5. The first kappa shape index (κ1) is 34.0. The van der Waals surface area contributed by atoms with Crippen molar-refractivity contribution in [1.82, 2.24) is 15.0 Å². The average molecular weight is 750 g/mol. The molecule has 0 N–H and O–H groups in total. The Bertz CT molecular complexity index is 3050. The smallest absolute Gasteiger partial charge is 0.187 e. The van der Waals surface area contributed by atoms with E-state index in [9.17, 15) is 5.26 Å². The Hall–Kier alpha value is -8.25. The van der Waals surface area contributed by atoms with Crippen molar-refractivity contribution in [3.8, 4) is 84.7 Å². The van der Waals surface area contributed by atoms with Gasteiger partial charge >= 0.3 is 0 Å². The van der Waals surface area contributed by atoms with Gasteiger partial charge in [0.1, 0.15) is 0 Å². The molecule has 5 nitrogen and oxygen atoms in total. The number of hydrogen-bond donors (Lipinski definition) is 0. The van der Waals surface area contributed by atoms with Crippen LogP contribution in [0.1, 0.15) is 27.8 Å². The summed E-state index contributed by atoms with van der Waals surface area (Å²) in [6, 6.07) is 67.4. The van der Waals surface area contributed by atoms with Gasteiger partial charge in [0.2, 0.25) is 0 Å². The predicted octanol–water partition coefficient (Wildman–Crippen LogP) is 13.0. The highest BCUT2D eigenvalue weighted by Crippen LogP contribution is 2.64. The van der Waals surface area contributed by atoms with Gasteiger partial charge in [-0.2, -0.15) is 5.26 Å². The summed E-state index contributed by atoms with van der Waals surface area (Å²) in [5, 5.41) is 9.54. The van der Waals surface area contributed by atoms with Crippen molar-refractivity contribution in [3.63, 3.8) is 0 Å². The molecule has 1 spiro atoms. The summed E-state index contributed by atoms with van der Waals surface area (Å²) in [5.74, 6) is 1.54. The zero-order valence-electron chi connectivity index (χ0n) is 31.6. The third kappa shape index (κ3) is 5.27. The van der Waals surface area contributed by atoms with Gasteiger partial charge in [0.05, 0.1) is 23.6 Å². The molecule has 0 radical (unpaired) electrons. The Labute approximate surface area is 342 Å². The summed E-state index contributed by atoms with van der Waals surface area (Å²) in [6.07, 6.45) is 0. The van der Waals surface area contributed by atoms with Crippen LogP contribution < -0.4 is 0 Å². The fraction of sp³-hybridized carbons (Fsp3) is 0.0185. The van der Waals surface area contributed by atoms with Crippen LogP contribution >= 0.6 is 0 Å². The molecule has 2 aliphatic carbocycles. The number of benzene rings is 8. The van der Waals surface area contributed by atoms with Crippen molar-refractivity contribution < 1.29 is 0 Å². The van der Waals surface area contributed by atoms with Crippen LogP contribution in [0.3, 0.4) is 0 Å². The van der Waals surface area contributed by atoms with Crippen molar-refractivity contribution in [1.29, 1.82) is 5.26 Å². The monoisotopic (exact) mass is 749 g/mol. The molecule has 11 rings (SSSR count). The average Bonchev–Trinajstić information content (AvgIpc) is 3.79. The molecule has 1 heterocycles. The van der Waals surface area contributed by atoms with E-state index in [-0.39, 0.29) is 0 Å². The lowest BCUT2D eigenvalue weighted by Gasteiger charge is -2.31. The van der Waals surface area contributed by atoms with Crippen molar-refractivity contribution in [2.75, 3.05) is 0 Å². The summed E-state index contributed by atoms with van der Waals surface area (Å²) in [6.45, 7) is 7.51. The molecule has 5 heteroatoms. The Morgan fingerprint density at radius 2 is 0.898 bits per heavy atom. The molecule has 8 aromatic carbocycles. The number of aromatic nitrogens is 3. The van der Waals surface area contributed by atoms with Crippen LogP contribution in [0, 0.1) is 17.9 Å². The molecule has 59 heavy (non-hydrogen) atoms. The van der Waals surface area contributed by atoms with Gasteiger partial charge in [-0.1, -0.05) is 152 Å². The molecule has 272 valence electrons. The number of hydrogen-bond acceptors (Lipinski definition) is 4. The second-order valence-electron chi connectivity index (χ2n) is 14.9. The van der Waals surface area contributed by atoms with E-state index in [1.165, 1.54) is 55.6 Å². The Balaban J connectivity index is 1.20. The van der Waals surface area contributed by atoms with Crippen molar-refractivity contribution >= 4 is 5.69 Å². The van der Waals surface area contributed by atoms with Gasteiger partial charge in [-0.05, 0) is 103 Å². The van der Waals surface area contributed by atoms with Crippen LogP contribution in [-0.2, 0) is 5.41 Å². The van der Waals surface area contributed by atoms with E-state index in [2.05, 4.69) is 150 Å². The third-order valence-electron chi connectivity index (χ3n) is 11.8. The molecular weight excluding hydrogens is 719 g/mol. The lowest BCUT2D eigenvalue weighted by Crippen LogP contribution is -2.26. The maximum Gasteiger partial charge on any atom is 0.187 e. The molecule has 0 unspecified atom stereocenters. The molecule has 2 aliphatic rings. The van der Waals surface area contributed by atoms with Gasteiger partial charge in [0.15, 0.2) is 23.2 Å². The van der Waals surface area contributed by atoms with Crippen LogP contribution in [-0.4, -0.2) is 15.0 Å². The normalized spacial score (nSPS) is 12.5. The minimum Gasteiger partial charge on any atom is -0.238 e. The first-order valence-electron chi connectivity index (χ1n) is 19.5. The number of nitriles is 1. The topological polar surface area (TPSA) is 66.8 Å². The number of nitrogens with zero attached hydrogens (tertiary/aromatic N) is 5. The molecule has 0 aliphatic heterocycles. The fourth-order valence-electron chi connectivity index (χ4n) is 9.17. The standard InChI is InChI=1S/C54H31N5/c1-56-41-27-23-38(24-28-41)52-57-51(37-21-19-34(33-55)20-22-37)58-53(59-52)45-16-10-18-47-50(45)44-15-8-9-17-46(44)54(47)48-31-39(35-11-4-2-5-12-35)25-29-42(48)43-30-26-40(32-49(43)54)36-13-6-3-7-14-36/h2-32H. The second-order valence-corrected chi connectivity index (χ2v) is 14.9. The highest BCUT2D eigenvalue weighted by atomic mass is 15.0. The van der Waals surface area contributed by atoms with Crippen LogP contribution in [0.25, 0.3) is 83.5 Å². The quantitative estimate of drug-likeness (QED) is 0.164. The number of fused-ring (bicyclic) bond motifs is 10. The largest absolute Gasteiger partial charge is 0.238 e. The predicted molar refractivity (Wildman–Crippen MR) is 234 cm³/mol. The zero-order chi connectivity index (χ0) is 39.5. The first-order valence-corrected chi connectivity index (χ1v) is 19.5. The molecule has 9 aromatic rings. The lowest BCUT2D eigenvalue weighted by molar-refractivity contribution is 0.794. The van der Waals surface area contributed by atoms with E-state index in [1.807, 2.05) is 24.3 Å². The van der Waals surface area contributed by atoms with Crippen LogP contribution in [0.5, 0.6) is 0 Å². The Kier molecular flexibility index (Phi) is 7.76. The van der Waals surface area contributed by atoms with E-state index in [0.29, 0.717) is 28.7 Å². The van der Waals surface area contributed by atoms with Crippen molar-refractivity contribution in [2.24, 2.45) is 0 Å². The molecule has 0 amide bonds. The van der Waals surface area contributed by atoms with Gasteiger partial charge in [0.25, 0.3) is 0 Å². The SMILES string of the molecule is [C-]#[N+]c1ccc(-c2nc(-c3ccc(C#N)cc3)nc(-c3cccc4c3-c3ccccc3C43c4cc(-c5ccccc5)ccc4-c4ccc(-c5ccccc5)cc43)n2)cc1. The van der Waals surface area contributed by atoms with Crippen LogP contribution in [0.2, 0.25) is 0 Å². The molecule has 0 atom stereocenters. The summed E-state index contributed by atoms with van der Waals surface area (Å²) < 4.78 is 0. The molecular formula is C54H31N5. The molecule has 0 fully saturated rings. The molecule has 0 bridgehead atoms. The van der Waals surface area contributed by atoms with Gasteiger partial charge in [0, 0.05) is 16.7 Å². The molecule has 1 aromatic heterocycles. The summed E-state index contributed by atoms with van der Waals surface area (Å²) in [7, 11) is 0. The van der Waals surface area contributed by atoms with Crippen LogP contribution in [0.15, 0.2) is 188 Å². The van der Waals surface area contributed by atoms with Gasteiger partial charge in [-0.15, -0.1) is 0 Å². The maximum absolute atomic E-state index is 9.54. The van der Waals surface area contributed by atoms with Crippen LogP contribution in [0.4, 0.5) is 5.69 Å². The van der Waals surface area contributed by atoms with E-state index < -0.39 is 5.41 Å². The zero-order valence-corrected chi connectivity index (χ0v) is 31.6. The first-order chi connectivity index (χ1) is 29.1. The van der Waals surface area contributed by atoms with E-state index in [1.54, 1.807) is 24.3 Å². The third-order valence-corrected chi connectivity index (χ3v) is 11.8. The highest BCUT2D eigenvalue weighted by molar-refractivity contribution is 6.00. The van der Waals surface area contributed by atoms with E-state index >= 15 is 0 Å². The van der Waals surface area contributed by atoms with E-state index in [0.717, 1.165) is 27.8 Å². The summed E-state index contributed by atoms with van der Waals surface area (Å²) in [5.41, 5.74) is 17.1. The van der Waals surface area contributed by atoms with Gasteiger partial charge in [-0.3, -0.25) is 0 Å². The molecule has 0 saturated carbocycles. The molecule has 0 saturated heterocycles. The fourth-order valence-corrected chi connectivity index (χ4v) is 9.17. The van der Waals surface area contributed by atoms with Crippen molar-refractivity contribution in [3.05, 3.63) is 227 Å². The summed E-state index contributed by atoms with van der Waals surface area (Å²) in [4.78, 5) is 19.0. The van der Waals surface area contributed by atoms with Gasteiger partial charge < -0.3 is 0 Å². The minimum absolute atomic E-state index is 0.499. The minimum atomic E-state index is -0.635. The highest BCUT2D eigenvalue weighted by Gasteiger charge is 2.52. The van der Waals surface area contributed by atoms with E-state index in [4.69, 9.17) is 21.5 Å². The van der Waals surface area contributed by atoms with Gasteiger partial charge in [-0.25, -0.2) is 19.8 Å². The summed E-state index contributed by atoms with van der Waals surface area (Å²) >= 11 is 0.